The Morgan fingerprint density at radius 3 is 2.00 bits per heavy atom. The van der Waals surface area contributed by atoms with Crippen LogP contribution in [0.2, 0.25) is 0 Å². The van der Waals surface area contributed by atoms with Gasteiger partial charge in [-0.05, 0) is 13.8 Å². The predicted molar refractivity (Wildman–Crippen MR) is 58.8 cm³/mol. The van der Waals surface area contributed by atoms with Crippen LogP contribution >= 0.6 is 7.60 Å². The molecule has 6 heteroatoms. The first-order chi connectivity index (χ1) is 7.46. The van der Waals surface area contributed by atoms with E-state index >= 15 is 0 Å². The van der Waals surface area contributed by atoms with Crippen LogP contribution in [-0.4, -0.2) is 25.0 Å². The van der Waals surface area contributed by atoms with Gasteiger partial charge in [0.2, 0.25) is 0 Å². The van der Waals surface area contributed by atoms with E-state index in [1.165, 1.54) is 0 Å². The van der Waals surface area contributed by atoms with Gasteiger partial charge in [-0.1, -0.05) is 11.8 Å². The van der Waals surface area contributed by atoms with E-state index in [9.17, 15) is 9.36 Å². The van der Waals surface area contributed by atoms with Crippen LogP contribution in [0.1, 0.15) is 13.8 Å². The number of rotatable bonds is 6. The summed E-state index contributed by atoms with van der Waals surface area (Å²) in [6.45, 7) is 2.55. The summed E-state index contributed by atoms with van der Waals surface area (Å²) >= 11 is 0. The van der Waals surface area contributed by atoms with Crippen molar-refractivity contribution in [1.29, 1.82) is 0 Å². The van der Waals surface area contributed by atoms with E-state index in [1.54, 1.807) is 13.8 Å². The third kappa shape index (κ3) is 5.00. The molecule has 0 amide bonds. The first kappa shape index (κ1) is 14.7. The van der Waals surface area contributed by atoms with Crippen molar-refractivity contribution in [3.05, 3.63) is 0 Å². The molecule has 88 valence electrons. The quantitative estimate of drug-likeness (QED) is 0.528. The molecule has 0 aromatic heterocycles. The minimum atomic E-state index is -4.04. The Morgan fingerprint density at radius 1 is 1.25 bits per heavy atom. The van der Waals surface area contributed by atoms with E-state index < -0.39 is 19.4 Å². The van der Waals surface area contributed by atoms with Crippen LogP contribution in [0.5, 0.6) is 0 Å². The first-order valence-electron chi connectivity index (χ1n) is 4.43. The Kier molecular flexibility index (Phi) is 6.53. The van der Waals surface area contributed by atoms with Crippen molar-refractivity contribution in [3.8, 4) is 24.7 Å². The highest BCUT2D eigenvalue weighted by Gasteiger charge is 2.37. The fraction of sp³-hybridized carbons (Fsp3) is 0.500. The lowest BCUT2D eigenvalue weighted by molar-refractivity contribution is 0.125. The highest BCUT2D eigenvalue weighted by molar-refractivity contribution is 7.71. The number of hydrogen-bond donors (Lipinski definition) is 0. The van der Waals surface area contributed by atoms with Crippen molar-refractivity contribution in [1.82, 2.24) is 0 Å². The van der Waals surface area contributed by atoms with Gasteiger partial charge in [0.05, 0.1) is 6.10 Å². The number of hydrogen-bond acceptors (Lipinski definition) is 5. The van der Waals surface area contributed by atoms with Crippen LogP contribution in [0.15, 0.2) is 0 Å². The highest BCUT2D eigenvalue weighted by Crippen LogP contribution is 2.50. The molecule has 0 rings (SSSR count). The summed E-state index contributed by atoms with van der Waals surface area (Å²) in [6, 6.07) is 0. The second-order valence-corrected chi connectivity index (χ2v) is 4.76. The molecular formula is C10H13O5P. The molecule has 0 spiro atoms. The normalized spacial score (nSPS) is 10.6. The molecule has 0 aliphatic heterocycles. The van der Waals surface area contributed by atoms with Gasteiger partial charge in [-0.2, -0.15) is 0 Å². The molecule has 0 atom stereocenters. The zero-order valence-electron chi connectivity index (χ0n) is 9.13. The van der Waals surface area contributed by atoms with Crippen LogP contribution < -0.4 is 0 Å². The molecule has 0 aromatic rings. The van der Waals surface area contributed by atoms with Crippen LogP contribution in [-0.2, 0) is 18.3 Å². The summed E-state index contributed by atoms with van der Waals surface area (Å²) < 4.78 is 25.9. The standard InChI is InChI=1S/C10H13O5P/c1-5-7-13-16(12,14-8-6-2)10(11)15-9(3)4/h1-2,9H,7-8H2,3-4H3. The molecule has 0 saturated carbocycles. The Labute approximate surface area is 95.0 Å². The molecule has 16 heavy (non-hydrogen) atoms. The van der Waals surface area contributed by atoms with Crippen molar-refractivity contribution < 1.29 is 23.1 Å². The van der Waals surface area contributed by atoms with Gasteiger partial charge in [0.25, 0.3) is 0 Å². The van der Waals surface area contributed by atoms with Gasteiger partial charge in [0.1, 0.15) is 13.2 Å². The number of carbonyl (C=O) groups excluding carboxylic acids is 1. The molecule has 0 saturated heterocycles. The second kappa shape index (κ2) is 7.09. The summed E-state index contributed by atoms with van der Waals surface area (Å²) in [4.78, 5) is 11.4. The Morgan fingerprint density at radius 2 is 1.69 bits per heavy atom. The van der Waals surface area contributed by atoms with Gasteiger partial charge >= 0.3 is 13.3 Å². The van der Waals surface area contributed by atoms with E-state index in [2.05, 4.69) is 20.9 Å². The first-order valence-corrected chi connectivity index (χ1v) is 5.97. The van der Waals surface area contributed by atoms with Crippen molar-refractivity contribution in [3.63, 3.8) is 0 Å². The van der Waals surface area contributed by atoms with E-state index in [-0.39, 0.29) is 13.2 Å². The minimum absolute atomic E-state index is 0.324. The Balaban J connectivity index is 4.66. The van der Waals surface area contributed by atoms with Gasteiger partial charge in [0, 0.05) is 0 Å². The minimum Gasteiger partial charge on any atom is -0.454 e. The average molecular weight is 244 g/mol. The molecule has 0 aromatic carbocycles. The third-order valence-corrected chi connectivity index (χ3v) is 2.69. The van der Waals surface area contributed by atoms with E-state index in [0.29, 0.717) is 0 Å². The van der Waals surface area contributed by atoms with Crippen LogP contribution in [0.4, 0.5) is 4.79 Å². The van der Waals surface area contributed by atoms with Crippen molar-refractivity contribution >= 4 is 13.3 Å². The van der Waals surface area contributed by atoms with Crippen LogP contribution in [0.3, 0.4) is 0 Å². The zero-order chi connectivity index (χ0) is 12.6. The molecule has 0 heterocycles. The van der Waals surface area contributed by atoms with Crippen molar-refractivity contribution in [2.24, 2.45) is 0 Å². The number of ether oxygens (including phenoxy) is 1. The fourth-order valence-electron chi connectivity index (χ4n) is 0.653. The van der Waals surface area contributed by atoms with E-state index in [1.807, 2.05) is 0 Å². The lowest BCUT2D eigenvalue weighted by atomic mass is 10.5. The molecule has 0 fully saturated rings. The topological polar surface area (TPSA) is 61.8 Å². The predicted octanol–water partition coefficient (Wildman–Crippen LogP) is 2.02. The van der Waals surface area contributed by atoms with Crippen molar-refractivity contribution in [2.75, 3.05) is 13.2 Å². The molecule has 0 bridgehead atoms. The van der Waals surface area contributed by atoms with Gasteiger partial charge < -0.3 is 4.74 Å². The maximum Gasteiger partial charge on any atom is 0.440 e. The SMILES string of the molecule is C#CCOP(=O)(OCC#C)C(=O)OC(C)C. The molecule has 0 aliphatic rings. The van der Waals surface area contributed by atoms with Gasteiger partial charge in [-0.3, -0.25) is 9.05 Å². The lowest BCUT2D eigenvalue weighted by Crippen LogP contribution is -2.14. The smallest absolute Gasteiger partial charge is 0.440 e. The van der Waals surface area contributed by atoms with E-state index in [4.69, 9.17) is 17.6 Å². The maximum absolute atomic E-state index is 11.9. The fourth-order valence-corrected chi connectivity index (χ4v) is 1.77. The zero-order valence-corrected chi connectivity index (χ0v) is 10.0. The number of terminal acetylenes is 2. The van der Waals surface area contributed by atoms with Gasteiger partial charge in [0.15, 0.2) is 0 Å². The molecule has 0 N–H and O–H groups in total. The summed E-state index contributed by atoms with van der Waals surface area (Å²) in [7, 11) is -4.04. The Bertz CT molecular complexity index is 338. The van der Waals surface area contributed by atoms with Gasteiger partial charge in [-0.15, -0.1) is 12.8 Å². The molecule has 0 radical (unpaired) electrons. The summed E-state index contributed by atoms with van der Waals surface area (Å²) in [6.07, 6.45) is 9.40. The molecule has 0 aliphatic carbocycles. The molecule has 5 nitrogen and oxygen atoms in total. The second-order valence-electron chi connectivity index (χ2n) is 2.89. The maximum atomic E-state index is 11.9. The van der Waals surface area contributed by atoms with Crippen LogP contribution in [0, 0.1) is 24.7 Å². The van der Waals surface area contributed by atoms with Crippen LogP contribution in [0.25, 0.3) is 0 Å². The molecule has 0 unspecified atom stereocenters. The largest absolute Gasteiger partial charge is 0.454 e. The molecular weight excluding hydrogens is 231 g/mol. The number of carbonyl (C=O) groups is 1. The monoisotopic (exact) mass is 244 g/mol. The highest BCUT2D eigenvalue weighted by atomic mass is 31.2. The third-order valence-electron chi connectivity index (χ3n) is 1.20. The summed E-state index contributed by atoms with van der Waals surface area (Å²) in [5, 5.41) is 0. The summed E-state index contributed by atoms with van der Waals surface area (Å²) in [5.74, 6) is 4.15. The van der Waals surface area contributed by atoms with Crippen molar-refractivity contribution in [2.45, 2.75) is 20.0 Å². The average Bonchev–Trinajstić information content (AvgIpc) is 2.22. The lowest BCUT2D eigenvalue weighted by Gasteiger charge is -2.16. The van der Waals surface area contributed by atoms with Gasteiger partial charge in [-0.25, -0.2) is 9.36 Å². The Hall–Kier alpha value is -1.26. The summed E-state index contributed by atoms with van der Waals surface area (Å²) in [5.41, 5.74) is -1.09. The van der Waals surface area contributed by atoms with E-state index in [0.717, 1.165) is 0 Å².